The van der Waals surface area contributed by atoms with E-state index in [9.17, 15) is 13.2 Å². The zero-order valence-electron chi connectivity index (χ0n) is 15.9. The molecule has 5 nitrogen and oxygen atoms in total. The van der Waals surface area contributed by atoms with Crippen LogP contribution in [-0.2, 0) is 29.4 Å². The SMILES string of the molecule is CN(C)S(=O)(=O)c1ccccc1CNC(=O)c1ccc2c3c(cccc13)CC2. The molecule has 3 aromatic rings. The van der Waals surface area contributed by atoms with Gasteiger partial charge in [0.15, 0.2) is 0 Å². The summed E-state index contributed by atoms with van der Waals surface area (Å²) in [4.78, 5) is 13.1. The molecular weight excluding hydrogens is 372 g/mol. The molecule has 1 aliphatic rings. The highest BCUT2D eigenvalue weighted by Gasteiger charge is 2.22. The zero-order chi connectivity index (χ0) is 19.9. The first-order valence-electron chi connectivity index (χ1n) is 9.21. The number of sulfonamides is 1. The fourth-order valence-electron chi connectivity index (χ4n) is 3.81. The Morgan fingerprint density at radius 1 is 0.964 bits per heavy atom. The molecule has 0 saturated carbocycles. The fourth-order valence-corrected chi connectivity index (χ4v) is 4.93. The van der Waals surface area contributed by atoms with Gasteiger partial charge in [0.1, 0.15) is 0 Å². The minimum atomic E-state index is -3.58. The molecule has 0 fully saturated rings. The third-order valence-corrected chi connectivity index (χ3v) is 7.21. The number of nitrogens with one attached hydrogen (secondary N) is 1. The molecule has 4 rings (SSSR count). The van der Waals surface area contributed by atoms with Gasteiger partial charge < -0.3 is 5.32 Å². The molecule has 0 saturated heterocycles. The van der Waals surface area contributed by atoms with Crippen LogP contribution < -0.4 is 5.32 Å². The summed E-state index contributed by atoms with van der Waals surface area (Å²) < 4.78 is 26.3. The van der Waals surface area contributed by atoms with Crippen molar-refractivity contribution in [1.29, 1.82) is 0 Å². The second kappa shape index (κ2) is 7.04. The molecule has 0 aromatic heterocycles. The van der Waals surface area contributed by atoms with E-state index in [-0.39, 0.29) is 17.3 Å². The first-order valence-corrected chi connectivity index (χ1v) is 10.7. The van der Waals surface area contributed by atoms with E-state index < -0.39 is 10.0 Å². The molecule has 1 aliphatic carbocycles. The quantitative estimate of drug-likeness (QED) is 0.723. The molecule has 1 amide bonds. The summed E-state index contributed by atoms with van der Waals surface area (Å²) in [7, 11) is -0.581. The molecule has 3 aromatic carbocycles. The van der Waals surface area contributed by atoms with Crippen LogP contribution in [0.25, 0.3) is 10.8 Å². The van der Waals surface area contributed by atoms with Crippen molar-refractivity contribution in [1.82, 2.24) is 9.62 Å². The Labute approximate surface area is 165 Å². The molecule has 144 valence electrons. The molecule has 0 unspecified atom stereocenters. The first kappa shape index (κ1) is 18.7. The second-order valence-electron chi connectivity index (χ2n) is 7.19. The van der Waals surface area contributed by atoms with Crippen LogP contribution in [0.2, 0.25) is 0 Å². The van der Waals surface area contributed by atoms with Crippen LogP contribution in [0, 0.1) is 0 Å². The van der Waals surface area contributed by atoms with Crippen LogP contribution in [0.1, 0.15) is 27.0 Å². The normalized spacial score (nSPS) is 13.2. The van der Waals surface area contributed by atoms with Crippen molar-refractivity contribution in [3.05, 3.63) is 76.9 Å². The lowest BCUT2D eigenvalue weighted by Gasteiger charge is -2.16. The Bertz CT molecular complexity index is 1170. The zero-order valence-corrected chi connectivity index (χ0v) is 16.7. The average Bonchev–Trinajstić information content (AvgIpc) is 3.11. The second-order valence-corrected chi connectivity index (χ2v) is 9.31. The first-order chi connectivity index (χ1) is 13.4. The van der Waals surface area contributed by atoms with E-state index in [1.807, 2.05) is 24.3 Å². The molecule has 0 atom stereocenters. The van der Waals surface area contributed by atoms with Crippen LogP contribution >= 0.6 is 0 Å². The lowest BCUT2D eigenvalue weighted by Crippen LogP contribution is -2.27. The van der Waals surface area contributed by atoms with Crippen LogP contribution in [0.15, 0.2) is 59.5 Å². The van der Waals surface area contributed by atoms with Gasteiger partial charge in [-0.3, -0.25) is 4.79 Å². The van der Waals surface area contributed by atoms with Crippen molar-refractivity contribution in [3.8, 4) is 0 Å². The van der Waals surface area contributed by atoms with Crippen LogP contribution in [0.4, 0.5) is 0 Å². The number of amides is 1. The predicted molar refractivity (Wildman–Crippen MR) is 110 cm³/mol. The predicted octanol–water partition coefficient (Wildman–Crippen LogP) is 3.12. The highest BCUT2D eigenvalue weighted by Crippen LogP contribution is 2.32. The van der Waals surface area contributed by atoms with Crippen LogP contribution in [-0.4, -0.2) is 32.7 Å². The van der Waals surface area contributed by atoms with Gasteiger partial charge in [0, 0.05) is 26.2 Å². The van der Waals surface area contributed by atoms with E-state index in [2.05, 4.69) is 11.4 Å². The molecule has 0 bridgehead atoms. The molecule has 0 aliphatic heterocycles. The summed E-state index contributed by atoms with van der Waals surface area (Å²) in [5, 5.41) is 5.04. The number of carbonyl (C=O) groups excluding carboxylic acids is 1. The third kappa shape index (κ3) is 3.08. The van der Waals surface area contributed by atoms with Gasteiger partial charge in [0.25, 0.3) is 5.91 Å². The van der Waals surface area contributed by atoms with Gasteiger partial charge in [-0.25, -0.2) is 12.7 Å². The highest BCUT2D eigenvalue weighted by molar-refractivity contribution is 7.89. The Morgan fingerprint density at radius 3 is 2.43 bits per heavy atom. The number of carbonyl (C=O) groups is 1. The van der Waals surface area contributed by atoms with Crippen molar-refractivity contribution in [2.75, 3.05) is 14.1 Å². The third-order valence-electron chi connectivity index (χ3n) is 5.29. The molecule has 0 heterocycles. The van der Waals surface area contributed by atoms with Gasteiger partial charge in [0.05, 0.1) is 4.90 Å². The summed E-state index contributed by atoms with van der Waals surface area (Å²) in [6.45, 7) is 0.144. The van der Waals surface area contributed by atoms with E-state index in [1.165, 1.54) is 34.9 Å². The lowest BCUT2D eigenvalue weighted by molar-refractivity contribution is 0.0952. The Balaban J connectivity index is 1.63. The largest absolute Gasteiger partial charge is 0.348 e. The molecule has 6 heteroatoms. The summed E-state index contributed by atoms with van der Waals surface area (Å²) in [5.41, 5.74) is 3.75. The van der Waals surface area contributed by atoms with Crippen molar-refractivity contribution >= 4 is 26.7 Å². The molecule has 0 radical (unpaired) electrons. The highest BCUT2D eigenvalue weighted by atomic mass is 32.2. The van der Waals surface area contributed by atoms with Gasteiger partial charge in [-0.05, 0) is 52.4 Å². The molecule has 1 N–H and O–H groups in total. The Kier molecular flexibility index (Phi) is 4.69. The van der Waals surface area contributed by atoms with Crippen molar-refractivity contribution in [2.45, 2.75) is 24.3 Å². The Hall–Kier alpha value is -2.70. The van der Waals surface area contributed by atoms with Crippen LogP contribution in [0.3, 0.4) is 0 Å². The maximum Gasteiger partial charge on any atom is 0.252 e. The number of rotatable bonds is 5. The van der Waals surface area contributed by atoms with Gasteiger partial charge in [-0.1, -0.05) is 42.5 Å². The summed E-state index contributed by atoms with van der Waals surface area (Å²) in [6, 6.07) is 16.7. The molecule has 0 spiro atoms. The van der Waals surface area contributed by atoms with Gasteiger partial charge in [-0.15, -0.1) is 0 Å². The maximum absolute atomic E-state index is 12.9. The number of aryl methyl sites for hydroxylation is 2. The van der Waals surface area contributed by atoms with E-state index >= 15 is 0 Å². The minimum absolute atomic E-state index is 0.144. The minimum Gasteiger partial charge on any atom is -0.348 e. The number of hydrogen-bond donors (Lipinski definition) is 1. The van der Waals surface area contributed by atoms with Gasteiger partial charge >= 0.3 is 0 Å². The summed E-state index contributed by atoms with van der Waals surface area (Å²) in [5.74, 6) is -0.201. The number of benzene rings is 3. The lowest BCUT2D eigenvalue weighted by atomic mass is 9.99. The maximum atomic E-state index is 12.9. The van der Waals surface area contributed by atoms with Crippen molar-refractivity contribution in [2.24, 2.45) is 0 Å². The topological polar surface area (TPSA) is 66.5 Å². The fraction of sp³-hybridized carbons (Fsp3) is 0.227. The number of hydrogen-bond acceptors (Lipinski definition) is 3. The summed E-state index contributed by atoms with van der Waals surface area (Å²) in [6.07, 6.45) is 2.01. The average molecular weight is 394 g/mol. The van der Waals surface area contributed by atoms with E-state index in [4.69, 9.17) is 0 Å². The monoisotopic (exact) mass is 394 g/mol. The standard InChI is InChI=1S/C22H22N2O3S/c1-24(2)28(26,27)20-9-4-3-6-17(20)14-23-22(25)19-13-12-16-11-10-15-7-5-8-18(19)21(15)16/h3-9,12-13H,10-11,14H2,1-2H3,(H,23,25). The number of nitrogens with zero attached hydrogens (tertiary/aromatic N) is 1. The van der Waals surface area contributed by atoms with Gasteiger partial charge in [0.2, 0.25) is 10.0 Å². The van der Waals surface area contributed by atoms with Gasteiger partial charge in [-0.2, -0.15) is 0 Å². The summed E-state index contributed by atoms with van der Waals surface area (Å²) >= 11 is 0. The smallest absolute Gasteiger partial charge is 0.252 e. The van der Waals surface area contributed by atoms with E-state index in [0.717, 1.165) is 18.2 Å². The van der Waals surface area contributed by atoms with E-state index in [1.54, 1.807) is 24.3 Å². The molecule has 28 heavy (non-hydrogen) atoms. The van der Waals surface area contributed by atoms with Crippen molar-refractivity contribution < 1.29 is 13.2 Å². The molecular formula is C22H22N2O3S. The van der Waals surface area contributed by atoms with Crippen molar-refractivity contribution in [3.63, 3.8) is 0 Å². The Morgan fingerprint density at radius 2 is 1.68 bits per heavy atom. The van der Waals surface area contributed by atoms with Crippen LogP contribution in [0.5, 0.6) is 0 Å². The van der Waals surface area contributed by atoms with E-state index in [0.29, 0.717) is 11.1 Å².